The molecule has 5 heteroatoms. The number of aryl methyl sites for hydroxylation is 2. The summed E-state index contributed by atoms with van der Waals surface area (Å²) >= 11 is 0. The Morgan fingerprint density at radius 3 is 2.45 bits per heavy atom. The fraction of sp³-hybridized carbons (Fsp3) is 0.333. The van der Waals surface area contributed by atoms with Crippen LogP contribution in [0.4, 0.5) is 13.2 Å². The smallest absolute Gasteiger partial charge is 0.237 e. The molecule has 3 rings (SSSR count). The van der Waals surface area contributed by atoms with Crippen molar-refractivity contribution in [2.45, 2.75) is 31.9 Å². The molecule has 2 aromatic rings. The molecule has 0 unspecified atom stereocenters. The first kappa shape index (κ1) is 13.1. The number of hydrogen-bond donors (Lipinski definition) is 0. The molecule has 1 aromatic heterocycles. The predicted molar refractivity (Wildman–Crippen MR) is 69.1 cm³/mol. The lowest BCUT2D eigenvalue weighted by atomic mass is 9.90. The van der Waals surface area contributed by atoms with E-state index in [1.165, 1.54) is 17.5 Å². The van der Waals surface area contributed by atoms with Crippen LogP contribution >= 0.6 is 0 Å². The number of nitrogens with zero attached hydrogens (tertiary/aromatic N) is 2. The van der Waals surface area contributed by atoms with Gasteiger partial charge >= 0.3 is 6.18 Å². The van der Waals surface area contributed by atoms with Crippen LogP contribution in [0.5, 0.6) is 0 Å². The largest absolute Gasteiger partial charge is 0.433 e. The van der Waals surface area contributed by atoms with E-state index in [-0.39, 0.29) is 5.82 Å². The average Bonchev–Trinajstić information content (AvgIpc) is 2.46. The molecule has 0 radical (unpaired) electrons. The van der Waals surface area contributed by atoms with Crippen molar-refractivity contribution in [1.82, 2.24) is 9.97 Å². The molecular weight excluding hydrogens is 265 g/mol. The molecule has 20 heavy (non-hydrogen) atoms. The number of fused-ring (bicyclic) bond motifs is 1. The lowest BCUT2D eigenvalue weighted by Gasteiger charge is -2.16. The number of rotatable bonds is 1. The quantitative estimate of drug-likeness (QED) is 0.786. The van der Waals surface area contributed by atoms with Crippen molar-refractivity contribution in [3.63, 3.8) is 0 Å². The van der Waals surface area contributed by atoms with Gasteiger partial charge in [-0.25, -0.2) is 9.97 Å². The topological polar surface area (TPSA) is 25.8 Å². The second-order valence-corrected chi connectivity index (χ2v) is 4.95. The van der Waals surface area contributed by atoms with E-state index in [4.69, 9.17) is 0 Å². The molecular formula is C15H13F3N2. The Kier molecular flexibility index (Phi) is 3.20. The SMILES string of the molecule is FC(F)(F)c1ccnc(-c2ccc3c(c2)CCCC3)n1. The Morgan fingerprint density at radius 2 is 1.70 bits per heavy atom. The molecule has 1 aromatic carbocycles. The summed E-state index contributed by atoms with van der Waals surface area (Å²) in [7, 11) is 0. The van der Waals surface area contributed by atoms with Crippen LogP contribution < -0.4 is 0 Å². The van der Waals surface area contributed by atoms with Crippen LogP contribution in [0.15, 0.2) is 30.5 Å². The monoisotopic (exact) mass is 278 g/mol. The Balaban J connectivity index is 2.01. The van der Waals surface area contributed by atoms with Crippen molar-refractivity contribution < 1.29 is 13.2 Å². The number of halogens is 3. The third-order valence-electron chi connectivity index (χ3n) is 3.55. The fourth-order valence-electron chi connectivity index (χ4n) is 2.53. The Morgan fingerprint density at radius 1 is 0.950 bits per heavy atom. The van der Waals surface area contributed by atoms with Crippen LogP contribution in [0.2, 0.25) is 0 Å². The molecule has 0 saturated carbocycles. The predicted octanol–water partition coefficient (Wildman–Crippen LogP) is 4.04. The minimum absolute atomic E-state index is 0.133. The fourth-order valence-corrected chi connectivity index (χ4v) is 2.53. The highest BCUT2D eigenvalue weighted by Gasteiger charge is 2.32. The number of benzene rings is 1. The van der Waals surface area contributed by atoms with Crippen molar-refractivity contribution in [3.05, 3.63) is 47.3 Å². The summed E-state index contributed by atoms with van der Waals surface area (Å²) in [6.45, 7) is 0. The Bertz CT molecular complexity index is 635. The molecule has 0 spiro atoms. The highest BCUT2D eigenvalue weighted by atomic mass is 19.4. The van der Waals surface area contributed by atoms with E-state index in [1.54, 1.807) is 6.07 Å². The Labute approximate surface area is 114 Å². The van der Waals surface area contributed by atoms with E-state index in [1.807, 2.05) is 12.1 Å². The highest BCUT2D eigenvalue weighted by molar-refractivity contribution is 5.57. The van der Waals surface area contributed by atoms with E-state index in [0.29, 0.717) is 5.56 Å². The molecule has 0 atom stereocenters. The van der Waals surface area contributed by atoms with Crippen LogP contribution in [0.1, 0.15) is 29.7 Å². The molecule has 0 bridgehead atoms. The molecule has 1 heterocycles. The summed E-state index contributed by atoms with van der Waals surface area (Å²) in [5.74, 6) is 0.133. The molecule has 0 saturated heterocycles. The summed E-state index contributed by atoms with van der Waals surface area (Å²) in [5.41, 5.74) is 2.23. The van der Waals surface area contributed by atoms with Crippen molar-refractivity contribution in [1.29, 1.82) is 0 Å². The summed E-state index contributed by atoms with van der Waals surface area (Å²) in [5, 5.41) is 0. The Hall–Kier alpha value is -1.91. The van der Waals surface area contributed by atoms with E-state index < -0.39 is 11.9 Å². The van der Waals surface area contributed by atoms with Gasteiger partial charge in [0.25, 0.3) is 0 Å². The van der Waals surface area contributed by atoms with Gasteiger partial charge in [0.1, 0.15) is 5.69 Å². The minimum Gasteiger partial charge on any atom is -0.237 e. The second kappa shape index (κ2) is 4.89. The van der Waals surface area contributed by atoms with Crippen LogP contribution in [-0.4, -0.2) is 9.97 Å². The zero-order chi connectivity index (χ0) is 14.2. The van der Waals surface area contributed by atoms with Crippen molar-refractivity contribution in [3.8, 4) is 11.4 Å². The number of aromatic nitrogens is 2. The lowest BCUT2D eigenvalue weighted by Crippen LogP contribution is -2.09. The average molecular weight is 278 g/mol. The van der Waals surface area contributed by atoms with E-state index >= 15 is 0 Å². The van der Waals surface area contributed by atoms with E-state index in [9.17, 15) is 13.2 Å². The molecule has 1 aliphatic carbocycles. The summed E-state index contributed by atoms with van der Waals surface area (Å²) in [6, 6.07) is 6.60. The van der Waals surface area contributed by atoms with Crippen LogP contribution in [-0.2, 0) is 19.0 Å². The molecule has 104 valence electrons. The van der Waals surface area contributed by atoms with Crippen LogP contribution in [0, 0.1) is 0 Å². The van der Waals surface area contributed by atoms with Crippen LogP contribution in [0.3, 0.4) is 0 Å². The van der Waals surface area contributed by atoms with Crippen molar-refractivity contribution >= 4 is 0 Å². The number of hydrogen-bond acceptors (Lipinski definition) is 2. The van der Waals surface area contributed by atoms with Gasteiger partial charge in [0, 0.05) is 11.8 Å². The van der Waals surface area contributed by atoms with Gasteiger partial charge in [0.05, 0.1) is 0 Å². The first-order valence-corrected chi connectivity index (χ1v) is 6.56. The summed E-state index contributed by atoms with van der Waals surface area (Å²) < 4.78 is 38.0. The maximum absolute atomic E-state index is 12.7. The standard InChI is InChI=1S/C15H13F3N2/c16-15(17,18)13-7-8-19-14(20-13)12-6-5-10-3-1-2-4-11(10)9-12/h5-9H,1-4H2. The normalized spacial score (nSPS) is 14.9. The van der Waals surface area contributed by atoms with Crippen molar-refractivity contribution in [2.75, 3.05) is 0 Å². The first-order valence-electron chi connectivity index (χ1n) is 6.56. The zero-order valence-electron chi connectivity index (χ0n) is 10.7. The maximum atomic E-state index is 12.7. The molecule has 1 aliphatic rings. The minimum atomic E-state index is -4.44. The van der Waals surface area contributed by atoms with Gasteiger partial charge in [-0.2, -0.15) is 13.2 Å². The van der Waals surface area contributed by atoms with Crippen LogP contribution in [0.25, 0.3) is 11.4 Å². The van der Waals surface area contributed by atoms with Gasteiger partial charge < -0.3 is 0 Å². The summed E-state index contributed by atoms with van der Waals surface area (Å²) in [6.07, 6.45) is 1.03. The highest BCUT2D eigenvalue weighted by Crippen LogP contribution is 2.30. The maximum Gasteiger partial charge on any atom is 0.433 e. The van der Waals surface area contributed by atoms with Gasteiger partial charge in [-0.1, -0.05) is 12.1 Å². The lowest BCUT2D eigenvalue weighted by molar-refractivity contribution is -0.141. The van der Waals surface area contributed by atoms with Gasteiger partial charge in [-0.3, -0.25) is 0 Å². The first-order chi connectivity index (χ1) is 9.54. The second-order valence-electron chi connectivity index (χ2n) is 4.95. The third-order valence-corrected chi connectivity index (χ3v) is 3.55. The van der Waals surface area contributed by atoms with Gasteiger partial charge in [-0.05, 0) is 48.9 Å². The van der Waals surface area contributed by atoms with E-state index in [2.05, 4.69) is 9.97 Å². The van der Waals surface area contributed by atoms with E-state index in [0.717, 1.165) is 31.5 Å². The molecule has 0 fully saturated rings. The zero-order valence-corrected chi connectivity index (χ0v) is 10.7. The molecule has 0 aliphatic heterocycles. The molecule has 0 amide bonds. The number of alkyl halides is 3. The van der Waals surface area contributed by atoms with Crippen molar-refractivity contribution in [2.24, 2.45) is 0 Å². The van der Waals surface area contributed by atoms with Gasteiger partial charge in [0.15, 0.2) is 5.82 Å². The molecule has 2 nitrogen and oxygen atoms in total. The van der Waals surface area contributed by atoms with Gasteiger partial charge in [-0.15, -0.1) is 0 Å². The molecule has 0 N–H and O–H groups in total. The third kappa shape index (κ3) is 2.53. The van der Waals surface area contributed by atoms with Gasteiger partial charge in [0.2, 0.25) is 0 Å². The summed E-state index contributed by atoms with van der Waals surface area (Å²) in [4.78, 5) is 7.59.